The van der Waals surface area contributed by atoms with Gasteiger partial charge in [-0.25, -0.2) is 9.97 Å². The third-order valence-electron chi connectivity index (χ3n) is 4.43. The molecule has 0 radical (unpaired) electrons. The number of nitrogens with zero attached hydrogens (tertiary/aromatic N) is 2. The van der Waals surface area contributed by atoms with E-state index in [2.05, 4.69) is 20.0 Å². The number of benzene rings is 1. The van der Waals surface area contributed by atoms with E-state index in [0.29, 0.717) is 11.6 Å². The highest BCUT2D eigenvalue weighted by molar-refractivity contribution is 7.18. The summed E-state index contributed by atoms with van der Waals surface area (Å²) >= 11 is 1.63. The third-order valence-corrected chi connectivity index (χ3v) is 5.63. The number of halogens is 3. The van der Waals surface area contributed by atoms with Crippen LogP contribution in [0.4, 0.5) is 18.9 Å². The molecule has 152 valence electrons. The van der Waals surface area contributed by atoms with Crippen LogP contribution in [0.1, 0.15) is 23.3 Å². The van der Waals surface area contributed by atoms with Crippen LogP contribution in [0.5, 0.6) is 11.6 Å². The van der Waals surface area contributed by atoms with Crippen LogP contribution in [0.3, 0.4) is 0 Å². The highest BCUT2D eigenvalue weighted by Gasteiger charge is 2.31. The molecule has 2 heterocycles. The van der Waals surface area contributed by atoms with Gasteiger partial charge in [0.2, 0.25) is 5.88 Å². The summed E-state index contributed by atoms with van der Waals surface area (Å²) in [6.07, 6.45) is 0.863. The number of rotatable bonds is 5. The number of carbonyl (C=O) groups is 1. The van der Waals surface area contributed by atoms with Gasteiger partial charge in [0.05, 0.1) is 5.39 Å². The lowest BCUT2D eigenvalue weighted by atomic mass is 9.97. The fourth-order valence-corrected chi connectivity index (χ4v) is 4.46. The van der Waals surface area contributed by atoms with Crippen molar-refractivity contribution in [3.63, 3.8) is 0 Å². The van der Waals surface area contributed by atoms with Crippen molar-refractivity contribution in [1.29, 1.82) is 0 Å². The van der Waals surface area contributed by atoms with Crippen LogP contribution in [-0.2, 0) is 17.6 Å². The van der Waals surface area contributed by atoms with Gasteiger partial charge >= 0.3 is 6.36 Å². The number of aromatic nitrogens is 2. The molecule has 4 rings (SSSR count). The van der Waals surface area contributed by atoms with Crippen LogP contribution >= 0.6 is 11.3 Å². The summed E-state index contributed by atoms with van der Waals surface area (Å²) in [5.74, 6) is -0.443. The average Bonchev–Trinajstić information content (AvgIpc) is 3.06. The monoisotopic (exact) mass is 423 g/mol. The molecule has 0 saturated carbocycles. The number of fused-ring (bicyclic) bond motifs is 3. The minimum Gasteiger partial charge on any atom is -0.467 e. The van der Waals surface area contributed by atoms with E-state index in [4.69, 9.17) is 4.74 Å². The van der Waals surface area contributed by atoms with Gasteiger partial charge in [-0.15, -0.1) is 24.5 Å². The molecular weight excluding hydrogens is 407 g/mol. The Morgan fingerprint density at radius 3 is 2.66 bits per heavy atom. The van der Waals surface area contributed by atoms with E-state index in [0.717, 1.165) is 48.0 Å². The van der Waals surface area contributed by atoms with Gasteiger partial charge in [0.15, 0.2) is 6.61 Å². The van der Waals surface area contributed by atoms with Crippen molar-refractivity contribution in [3.05, 3.63) is 41.0 Å². The fourth-order valence-electron chi connectivity index (χ4n) is 3.24. The summed E-state index contributed by atoms with van der Waals surface area (Å²) in [4.78, 5) is 22.8. The number of hydrogen-bond acceptors (Lipinski definition) is 6. The van der Waals surface area contributed by atoms with E-state index in [-0.39, 0.29) is 12.4 Å². The van der Waals surface area contributed by atoms with Crippen molar-refractivity contribution in [2.45, 2.75) is 32.0 Å². The molecule has 1 aliphatic rings. The first-order valence-electron chi connectivity index (χ1n) is 8.93. The molecule has 0 atom stereocenters. The van der Waals surface area contributed by atoms with Gasteiger partial charge in [-0.3, -0.25) is 4.79 Å². The van der Waals surface area contributed by atoms with E-state index in [1.54, 1.807) is 11.3 Å². The number of carbonyl (C=O) groups excluding carboxylic acids is 1. The Hall–Kier alpha value is -2.88. The predicted octanol–water partition coefficient (Wildman–Crippen LogP) is 4.49. The standard InChI is InChI=1S/C19H16F3N3O3S/c20-19(21,22)28-12-7-5-11(6-8-12)25-15(26)9-27-17-16-13-3-1-2-4-14(13)29-18(16)24-10-23-17/h5-8,10H,1-4,9H2,(H,25,26). The first kappa shape index (κ1) is 19.4. The molecule has 0 unspecified atom stereocenters. The normalized spacial score (nSPS) is 13.8. The summed E-state index contributed by atoms with van der Waals surface area (Å²) in [6, 6.07) is 4.87. The Bertz CT molecular complexity index is 1030. The zero-order chi connectivity index (χ0) is 20.4. The van der Waals surface area contributed by atoms with Crippen LogP contribution in [0.2, 0.25) is 0 Å². The molecule has 1 N–H and O–H groups in total. The molecule has 2 aromatic heterocycles. The van der Waals surface area contributed by atoms with Gasteiger partial charge in [-0.05, 0) is 55.5 Å². The number of anilines is 1. The zero-order valence-corrected chi connectivity index (χ0v) is 15.9. The summed E-state index contributed by atoms with van der Waals surface area (Å²) in [6.45, 7) is -0.280. The molecule has 0 saturated heterocycles. The molecule has 6 nitrogen and oxygen atoms in total. The lowest BCUT2D eigenvalue weighted by Gasteiger charge is -2.12. The van der Waals surface area contributed by atoms with Crippen molar-refractivity contribution < 1.29 is 27.4 Å². The van der Waals surface area contributed by atoms with Gasteiger partial charge in [0.1, 0.15) is 16.9 Å². The molecule has 29 heavy (non-hydrogen) atoms. The minimum absolute atomic E-state index is 0.280. The van der Waals surface area contributed by atoms with E-state index in [1.807, 2.05) is 0 Å². The number of amides is 1. The third kappa shape index (κ3) is 4.58. The van der Waals surface area contributed by atoms with Crippen LogP contribution in [0.15, 0.2) is 30.6 Å². The van der Waals surface area contributed by atoms with Crippen LogP contribution in [0.25, 0.3) is 10.2 Å². The lowest BCUT2D eigenvalue weighted by Crippen LogP contribution is -2.21. The second-order valence-electron chi connectivity index (χ2n) is 6.48. The summed E-state index contributed by atoms with van der Waals surface area (Å²) in [5, 5.41) is 3.43. The second kappa shape index (κ2) is 7.86. The van der Waals surface area contributed by atoms with E-state index in [9.17, 15) is 18.0 Å². The number of thiophene rings is 1. The van der Waals surface area contributed by atoms with E-state index < -0.39 is 12.3 Å². The topological polar surface area (TPSA) is 73.3 Å². The van der Waals surface area contributed by atoms with Gasteiger partial charge in [0.25, 0.3) is 5.91 Å². The minimum atomic E-state index is -4.76. The van der Waals surface area contributed by atoms with Crippen molar-refractivity contribution >= 4 is 33.1 Å². The van der Waals surface area contributed by atoms with Crippen molar-refractivity contribution in [2.75, 3.05) is 11.9 Å². The maximum atomic E-state index is 12.2. The van der Waals surface area contributed by atoms with Crippen molar-refractivity contribution in [3.8, 4) is 11.6 Å². The van der Waals surface area contributed by atoms with E-state index >= 15 is 0 Å². The van der Waals surface area contributed by atoms with Gasteiger partial charge in [0, 0.05) is 10.6 Å². The first-order chi connectivity index (χ1) is 13.9. The Kier molecular flexibility index (Phi) is 5.27. The molecule has 10 heteroatoms. The second-order valence-corrected chi connectivity index (χ2v) is 7.56. The molecule has 1 aromatic carbocycles. The number of nitrogens with one attached hydrogen (secondary N) is 1. The molecule has 0 fully saturated rings. The van der Waals surface area contributed by atoms with Crippen LogP contribution in [-0.4, -0.2) is 28.8 Å². The summed E-state index contributed by atoms with van der Waals surface area (Å²) in [5.41, 5.74) is 1.53. The number of aryl methyl sites for hydroxylation is 2. The van der Waals surface area contributed by atoms with Gasteiger partial charge in [-0.1, -0.05) is 0 Å². The lowest BCUT2D eigenvalue weighted by molar-refractivity contribution is -0.274. The molecule has 0 bridgehead atoms. The fraction of sp³-hybridized carbons (Fsp3) is 0.316. The SMILES string of the molecule is O=C(COc1ncnc2sc3c(c12)CCCC3)Nc1ccc(OC(F)(F)F)cc1. The number of hydrogen-bond donors (Lipinski definition) is 1. The summed E-state index contributed by atoms with van der Waals surface area (Å²) in [7, 11) is 0. The average molecular weight is 423 g/mol. The number of alkyl halides is 3. The Morgan fingerprint density at radius 2 is 1.90 bits per heavy atom. The molecule has 0 aliphatic heterocycles. The van der Waals surface area contributed by atoms with Gasteiger partial charge < -0.3 is 14.8 Å². The molecule has 1 amide bonds. The maximum absolute atomic E-state index is 12.2. The predicted molar refractivity (Wildman–Crippen MR) is 101 cm³/mol. The van der Waals surface area contributed by atoms with Crippen LogP contribution < -0.4 is 14.8 Å². The quantitative estimate of drug-likeness (QED) is 0.655. The molecule has 1 aliphatic carbocycles. The van der Waals surface area contributed by atoms with Gasteiger partial charge in [-0.2, -0.15) is 0 Å². The Morgan fingerprint density at radius 1 is 1.14 bits per heavy atom. The highest BCUT2D eigenvalue weighted by Crippen LogP contribution is 2.38. The maximum Gasteiger partial charge on any atom is 0.573 e. The Labute approximate surface area is 167 Å². The smallest absolute Gasteiger partial charge is 0.467 e. The molecule has 0 spiro atoms. The van der Waals surface area contributed by atoms with Crippen molar-refractivity contribution in [1.82, 2.24) is 9.97 Å². The highest BCUT2D eigenvalue weighted by atomic mass is 32.1. The van der Waals surface area contributed by atoms with E-state index in [1.165, 1.54) is 28.9 Å². The zero-order valence-electron chi connectivity index (χ0n) is 15.1. The first-order valence-corrected chi connectivity index (χ1v) is 9.74. The Balaban J connectivity index is 1.41. The van der Waals surface area contributed by atoms with Crippen LogP contribution in [0, 0.1) is 0 Å². The number of ether oxygens (including phenoxy) is 2. The largest absolute Gasteiger partial charge is 0.573 e. The summed E-state index contributed by atoms with van der Waals surface area (Å²) < 4.78 is 46.0. The van der Waals surface area contributed by atoms with Crippen molar-refractivity contribution in [2.24, 2.45) is 0 Å². The molecular formula is C19H16F3N3O3S. The molecule has 3 aromatic rings.